The standard InChI is InChI=1S/C46H91N2O7P/c1-3-5-7-9-11-13-15-17-19-20-21-22-23-24-25-27-29-31-33-35-37-43(49)41-46(51)48-44(42-55-56(52,53)54-40-39-47)45(50)38-36-34-32-30-28-26-18-16-14-12-10-8-6-4-2/h23-24,36,38,43-45,49-50H,3-22,25-35,37,39-42,47H2,1-2H3,(H,48,51)(H,52,53)/b24-23-,38-36+. The highest BCUT2D eigenvalue weighted by Crippen LogP contribution is 2.43. The van der Waals surface area contributed by atoms with E-state index < -0.39 is 38.6 Å². The zero-order valence-electron chi connectivity index (χ0n) is 36.5. The fourth-order valence-corrected chi connectivity index (χ4v) is 7.75. The maximum atomic E-state index is 12.8. The minimum atomic E-state index is -4.40. The summed E-state index contributed by atoms with van der Waals surface area (Å²) in [6.45, 7) is 3.98. The predicted octanol–water partition coefficient (Wildman–Crippen LogP) is 12.3. The molecular formula is C46H91N2O7P. The van der Waals surface area contributed by atoms with E-state index >= 15 is 0 Å². The van der Waals surface area contributed by atoms with Crippen molar-refractivity contribution in [2.75, 3.05) is 19.8 Å². The molecule has 0 saturated heterocycles. The Bertz CT molecular complexity index is 950. The number of aliphatic hydroxyl groups excluding tert-OH is 2. The summed E-state index contributed by atoms with van der Waals surface area (Å²) >= 11 is 0. The molecule has 0 aromatic heterocycles. The molecule has 0 aliphatic rings. The quantitative estimate of drug-likeness (QED) is 0.0232. The Balaban J connectivity index is 4.23. The molecule has 0 aromatic rings. The SMILES string of the molecule is CCCCCCCCCCCCC/C=C\CCCCCCCC(O)CC(=O)NC(COP(=O)(O)OCCN)C(O)/C=C/CCCCCCCCCCCCCC. The molecule has 4 unspecified atom stereocenters. The average Bonchev–Trinajstić information content (AvgIpc) is 3.17. The van der Waals surface area contributed by atoms with Crippen molar-refractivity contribution in [2.24, 2.45) is 5.73 Å². The Morgan fingerprint density at radius 3 is 1.43 bits per heavy atom. The summed E-state index contributed by atoms with van der Waals surface area (Å²) in [6.07, 6.45) is 45.5. The van der Waals surface area contributed by atoms with Gasteiger partial charge >= 0.3 is 7.82 Å². The fraction of sp³-hybridized carbons (Fsp3) is 0.891. The lowest BCUT2D eigenvalue weighted by atomic mass is 10.0. The number of amides is 1. The number of hydrogen-bond donors (Lipinski definition) is 5. The summed E-state index contributed by atoms with van der Waals surface area (Å²) in [5.41, 5.74) is 5.37. The van der Waals surface area contributed by atoms with Gasteiger partial charge in [0, 0.05) is 6.54 Å². The maximum Gasteiger partial charge on any atom is 0.472 e. The van der Waals surface area contributed by atoms with E-state index in [1.165, 1.54) is 148 Å². The van der Waals surface area contributed by atoms with Crippen LogP contribution in [0.4, 0.5) is 0 Å². The Morgan fingerprint density at radius 2 is 1.00 bits per heavy atom. The molecule has 10 heteroatoms. The van der Waals surface area contributed by atoms with Gasteiger partial charge < -0.3 is 26.2 Å². The Morgan fingerprint density at radius 1 is 0.607 bits per heavy atom. The van der Waals surface area contributed by atoms with Crippen LogP contribution >= 0.6 is 7.82 Å². The monoisotopic (exact) mass is 815 g/mol. The molecule has 0 radical (unpaired) electrons. The van der Waals surface area contributed by atoms with Crippen LogP contribution in [-0.4, -0.2) is 59.0 Å². The first-order valence-electron chi connectivity index (χ1n) is 23.5. The van der Waals surface area contributed by atoms with Crippen LogP contribution in [0.5, 0.6) is 0 Å². The van der Waals surface area contributed by atoms with Gasteiger partial charge in [0.25, 0.3) is 0 Å². The average molecular weight is 815 g/mol. The largest absolute Gasteiger partial charge is 0.472 e. The van der Waals surface area contributed by atoms with Crippen molar-refractivity contribution in [1.82, 2.24) is 5.32 Å². The smallest absolute Gasteiger partial charge is 0.393 e. The number of carbonyl (C=O) groups is 1. The number of nitrogens with one attached hydrogen (secondary N) is 1. The van der Waals surface area contributed by atoms with Crippen LogP contribution in [0.3, 0.4) is 0 Å². The number of unbranched alkanes of at least 4 members (excludes halogenated alkanes) is 28. The third kappa shape index (κ3) is 39.8. The lowest BCUT2D eigenvalue weighted by Gasteiger charge is -2.24. The highest BCUT2D eigenvalue weighted by molar-refractivity contribution is 7.47. The predicted molar refractivity (Wildman–Crippen MR) is 237 cm³/mol. The molecule has 0 rings (SSSR count). The molecule has 0 saturated carbocycles. The number of aliphatic hydroxyl groups is 2. The van der Waals surface area contributed by atoms with Gasteiger partial charge in [-0.2, -0.15) is 0 Å². The summed E-state index contributed by atoms with van der Waals surface area (Å²) in [5, 5.41) is 24.1. The topological polar surface area (TPSA) is 151 Å². The van der Waals surface area contributed by atoms with Gasteiger partial charge in [0.05, 0.1) is 37.9 Å². The Kier molecular flexibility index (Phi) is 41.3. The summed E-state index contributed by atoms with van der Waals surface area (Å²) in [7, 11) is -4.40. The lowest BCUT2D eigenvalue weighted by Crippen LogP contribution is -2.46. The van der Waals surface area contributed by atoms with E-state index in [9.17, 15) is 24.5 Å². The lowest BCUT2D eigenvalue weighted by molar-refractivity contribution is -0.124. The molecule has 0 spiro atoms. The molecule has 0 aliphatic carbocycles. The van der Waals surface area contributed by atoms with Gasteiger partial charge in [0.15, 0.2) is 0 Å². The van der Waals surface area contributed by atoms with E-state index in [-0.39, 0.29) is 19.6 Å². The maximum absolute atomic E-state index is 12.8. The van der Waals surface area contributed by atoms with Gasteiger partial charge in [-0.25, -0.2) is 4.57 Å². The second-order valence-corrected chi connectivity index (χ2v) is 17.6. The highest BCUT2D eigenvalue weighted by atomic mass is 31.2. The fourth-order valence-electron chi connectivity index (χ4n) is 6.99. The van der Waals surface area contributed by atoms with Crippen molar-refractivity contribution in [3.8, 4) is 0 Å². The van der Waals surface area contributed by atoms with Gasteiger partial charge in [0.2, 0.25) is 5.91 Å². The normalized spacial score (nSPS) is 14.8. The molecule has 0 bridgehead atoms. The molecule has 9 nitrogen and oxygen atoms in total. The summed E-state index contributed by atoms with van der Waals surface area (Å²) < 4.78 is 22.1. The van der Waals surface area contributed by atoms with Crippen LogP contribution in [0.1, 0.15) is 226 Å². The zero-order chi connectivity index (χ0) is 41.2. The minimum Gasteiger partial charge on any atom is -0.393 e. The number of phosphoric ester groups is 1. The molecule has 1 amide bonds. The van der Waals surface area contributed by atoms with Gasteiger partial charge in [-0.05, 0) is 44.9 Å². The molecular weight excluding hydrogens is 723 g/mol. The first-order chi connectivity index (χ1) is 27.3. The summed E-state index contributed by atoms with van der Waals surface area (Å²) in [6, 6.07) is -0.983. The molecule has 332 valence electrons. The first-order valence-corrected chi connectivity index (χ1v) is 25.0. The first kappa shape index (κ1) is 54.9. The minimum absolute atomic E-state index is 0.0489. The Labute approximate surface area is 345 Å². The van der Waals surface area contributed by atoms with Gasteiger partial charge in [-0.3, -0.25) is 13.8 Å². The molecule has 0 aliphatic heterocycles. The third-order valence-corrected chi connectivity index (χ3v) is 11.6. The molecule has 0 fully saturated rings. The summed E-state index contributed by atoms with van der Waals surface area (Å²) in [5.74, 6) is -0.449. The van der Waals surface area contributed by atoms with Gasteiger partial charge in [-0.15, -0.1) is 0 Å². The second kappa shape index (κ2) is 42.1. The van der Waals surface area contributed by atoms with Crippen LogP contribution in [0.2, 0.25) is 0 Å². The van der Waals surface area contributed by atoms with Crippen molar-refractivity contribution in [3.63, 3.8) is 0 Å². The number of hydrogen-bond acceptors (Lipinski definition) is 7. The van der Waals surface area contributed by atoms with Crippen LogP contribution in [-0.2, 0) is 18.4 Å². The number of nitrogens with two attached hydrogens (primary N) is 1. The molecule has 0 aromatic carbocycles. The number of allylic oxidation sites excluding steroid dienone is 3. The zero-order valence-corrected chi connectivity index (χ0v) is 37.4. The Hall–Kier alpha value is -1.06. The van der Waals surface area contributed by atoms with Crippen molar-refractivity contribution < 1.29 is 33.5 Å². The number of phosphoric acid groups is 1. The van der Waals surface area contributed by atoms with Gasteiger partial charge in [-0.1, -0.05) is 199 Å². The van der Waals surface area contributed by atoms with Crippen LogP contribution in [0, 0.1) is 0 Å². The van der Waals surface area contributed by atoms with Crippen molar-refractivity contribution in [3.05, 3.63) is 24.3 Å². The van der Waals surface area contributed by atoms with Crippen molar-refractivity contribution in [1.29, 1.82) is 0 Å². The third-order valence-electron chi connectivity index (χ3n) is 10.6. The van der Waals surface area contributed by atoms with Crippen LogP contribution in [0.15, 0.2) is 24.3 Å². The molecule has 4 atom stereocenters. The van der Waals surface area contributed by atoms with E-state index in [2.05, 4.69) is 31.3 Å². The van der Waals surface area contributed by atoms with E-state index in [0.29, 0.717) is 6.42 Å². The van der Waals surface area contributed by atoms with E-state index in [1.807, 2.05) is 6.08 Å². The molecule has 6 N–H and O–H groups in total. The van der Waals surface area contributed by atoms with Crippen LogP contribution < -0.4 is 11.1 Å². The molecule has 56 heavy (non-hydrogen) atoms. The summed E-state index contributed by atoms with van der Waals surface area (Å²) in [4.78, 5) is 22.8. The van der Waals surface area contributed by atoms with Crippen molar-refractivity contribution in [2.45, 2.75) is 244 Å². The van der Waals surface area contributed by atoms with Gasteiger partial charge in [0.1, 0.15) is 0 Å². The second-order valence-electron chi connectivity index (χ2n) is 16.2. The van der Waals surface area contributed by atoms with E-state index in [4.69, 9.17) is 14.8 Å². The highest BCUT2D eigenvalue weighted by Gasteiger charge is 2.27. The molecule has 0 heterocycles. The van der Waals surface area contributed by atoms with Crippen molar-refractivity contribution >= 4 is 13.7 Å². The number of carbonyl (C=O) groups excluding carboxylic acids is 1. The number of rotatable bonds is 44. The van der Waals surface area contributed by atoms with E-state index in [0.717, 1.165) is 51.4 Å². The van der Waals surface area contributed by atoms with Crippen LogP contribution in [0.25, 0.3) is 0 Å². The van der Waals surface area contributed by atoms with E-state index in [1.54, 1.807) is 6.08 Å².